The van der Waals surface area contributed by atoms with Crippen LogP contribution in [0.3, 0.4) is 0 Å². The van der Waals surface area contributed by atoms with Gasteiger partial charge in [-0.25, -0.2) is 9.97 Å². The van der Waals surface area contributed by atoms with Crippen molar-refractivity contribution in [1.29, 1.82) is 0 Å². The normalized spacial score (nSPS) is 10.1. The molecule has 0 saturated heterocycles. The lowest BCUT2D eigenvalue weighted by molar-refractivity contribution is 0.0995. The zero-order valence-electron chi connectivity index (χ0n) is 8.40. The Morgan fingerprint density at radius 1 is 1.50 bits per heavy atom. The summed E-state index contributed by atoms with van der Waals surface area (Å²) in [5, 5.41) is 2.61. The highest BCUT2D eigenvalue weighted by Crippen LogP contribution is 2.14. The molecule has 0 aliphatic heterocycles. The smallest absolute Gasteiger partial charge is 0.294 e. The Kier molecular flexibility index (Phi) is 3.00. The average Bonchev–Trinajstić information content (AvgIpc) is 2.64. The highest BCUT2D eigenvalue weighted by molar-refractivity contribution is 9.10. The Labute approximate surface area is 100 Å². The van der Waals surface area contributed by atoms with Crippen molar-refractivity contribution in [3.05, 3.63) is 40.7 Å². The van der Waals surface area contributed by atoms with E-state index in [0.717, 1.165) is 4.47 Å². The van der Waals surface area contributed by atoms with Crippen molar-refractivity contribution in [1.82, 2.24) is 9.97 Å². The fourth-order valence-corrected chi connectivity index (χ4v) is 1.50. The van der Waals surface area contributed by atoms with Crippen molar-refractivity contribution < 1.29 is 9.21 Å². The highest BCUT2D eigenvalue weighted by Gasteiger charge is 2.14. The summed E-state index contributed by atoms with van der Waals surface area (Å²) in [6.07, 6.45) is 2.82. The third-order valence-electron chi connectivity index (χ3n) is 1.92. The molecule has 0 bridgehead atoms. The monoisotopic (exact) mass is 281 g/mol. The third kappa shape index (κ3) is 2.27. The van der Waals surface area contributed by atoms with Crippen LogP contribution in [0.25, 0.3) is 0 Å². The summed E-state index contributed by atoms with van der Waals surface area (Å²) in [5.41, 5.74) is 0.549. The number of carbonyl (C=O) groups is 1. The van der Waals surface area contributed by atoms with Crippen LogP contribution in [0.4, 0.5) is 5.82 Å². The first kappa shape index (κ1) is 10.8. The lowest BCUT2D eigenvalue weighted by atomic mass is 10.3. The standard InChI is InChI=1S/C10H8BrN3O2/c1-6-9(16-5-13-6)10(15)14-8-4-7(11)2-3-12-8/h2-5H,1H3,(H,12,14,15). The number of nitrogens with one attached hydrogen (secondary N) is 1. The number of amides is 1. The molecule has 0 spiro atoms. The number of hydrogen-bond acceptors (Lipinski definition) is 4. The van der Waals surface area contributed by atoms with E-state index in [9.17, 15) is 4.79 Å². The summed E-state index contributed by atoms with van der Waals surface area (Å²) in [7, 11) is 0. The van der Waals surface area contributed by atoms with Gasteiger partial charge in [-0.05, 0) is 19.1 Å². The largest absolute Gasteiger partial charge is 0.438 e. The summed E-state index contributed by atoms with van der Waals surface area (Å²) in [4.78, 5) is 19.5. The number of nitrogens with zero attached hydrogens (tertiary/aromatic N) is 2. The van der Waals surface area contributed by atoms with Gasteiger partial charge in [0.2, 0.25) is 5.76 Å². The van der Waals surface area contributed by atoms with Crippen LogP contribution in [0.2, 0.25) is 0 Å². The molecule has 0 fully saturated rings. The zero-order chi connectivity index (χ0) is 11.5. The van der Waals surface area contributed by atoms with E-state index in [4.69, 9.17) is 4.42 Å². The lowest BCUT2D eigenvalue weighted by Crippen LogP contribution is -2.13. The van der Waals surface area contributed by atoms with Gasteiger partial charge in [-0.1, -0.05) is 15.9 Å². The average molecular weight is 282 g/mol. The molecule has 16 heavy (non-hydrogen) atoms. The molecule has 2 aromatic heterocycles. The topological polar surface area (TPSA) is 68.0 Å². The predicted octanol–water partition coefficient (Wildman–Crippen LogP) is 2.39. The SMILES string of the molecule is Cc1ncoc1C(=O)Nc1cc(Br)ccn1. The quantitative estimate of drug-likeness (QED) is 0.918. The van der Waals surface area contributed by atoms with Gasteiger partial charge in [0, 0.05) is 10.7 Å². The van der Waals surface area contributed by atoms with Crippen molar-refractivity contribution in [2.75, 3.05) is 5.32 Å². The van der Waals surface area contributed by atoms with E-state index in [1.54, 1.807) is 25.3 Å². The van der Waals surface area contributed by atoms with Crippen molar-refractivity contribution in [2.24, 2.45) is 0 Å². The van der Waals surface area contributed by atoms with Crippen LogP contribution in [0.5, 0.6) is 0 Å². The number of rotatable bonds is 2. The molecule has 0 unspecified atom stereocenters. The number of aromatic nitrogens is 2. The maximum atomic E-state index is 11.7. The van der Waals surface area contributed by atoms with Gasteiger partial charge in [0.15, 0.2) is 6.39 Å². The van der Waals surface area contributed by atoms with Gasteiger partial charge >= 0.3 is 0 Å². The lowest BCUT2D eigenvalue weighted by Gasteiger charge is -2.02. The van der Waals surface area contributed by atoms with Crippen molar-refractivity contribution in [3.8, 4) is 0 Å². The Morgan fingerprint density at radius 3 is 2.94 bits per heavy atom. The molecule has 5 nitrogen and oxygen atoms in total. The number of hydrogen-bond donors (Lipinski definition) is 1. The van der Waals surface area contributed by atoms with Gasteiger partial charge in [-0.3, -0.25) is 4.79 Å². The van der Waals surface area contributed by atoms with Gasteiger partial charge in [0.25, 0.3) is 5.91 Å². The first-order valence-electron chi connectivity index (χ1n) is 4.50. The molecule has 0 aliphatic rings. The van der Waals surface area contributed by atoms with E-state index in [1.807, 2.05) is 0 Å². The molecule has 2 rings (SSSR count). The summed E-state index contributed by atoms with van der Waals surface area (Å²) >= 11 is 3.29. The van der Waals surface area contributed by atoms with E-state index in [2.05, 4.69) is 31.2 Å². The van der Waals surface area contributed by atoms with Crippen LogP contribution in [0.1, 0.15) is 16.2 Å². The van der Waals surface area contributed by atoms with Gasteiger partial charge < -0.3 is 9.73 Å². The minimum atomic E-state index is -0.361. The minimum Gasteiger partial charge on any atom is -0.438 e. The molecule has 0 atom stereocenters. The first-order chi connectivity index (χ1) is 7.66. The van der Waals surface area contributed by atoms with Crippen molar-refractivity contribution in [2.45, 2.75) is 6.92 Å². The van der Waals surface area contributed by atoms with E-state index in [1.165, 1.54) is 6.39 Å². The number of halogens is 1. The van der Waals surface area contributed by atoms with Crippen LogP contribution in [-0.4, -0.2) is 15.9 Å². The van der Waals surface area contributed by atoms with Gasteiger partial charge in [0.1, 0.15) is 5.82 Å². The molecule has 82 valence electrons. The maximum Gasteiger partial charge on any atom is 0.294 e. The molecule has 1 amide bonds. The van der Waals surface area contributed by atoms with Gasteiger partial charge in [0.05, 0.1) is 5.69 Å². The fourth-order valence-electron chi connectivity index (χ4n) is 1.17. The van der Waals surface area contributed by atoms with Crippen LogP contribution in [0.15, 0.2) is 33.6 Å². The summed E-state index contributed by atoms with van der Waals surface area (Å²) in [6.45, 7) is 1.70. The summed E-state index contributed by atoms with van der Waals surface area (Å²) in [6, 6.07) is 3.47. The van der Waals surface area contributed by atoms with E-state index < -0.39 is 0 Å². The Bertz CT molecular complexity index is 524. The summed E-state index contributed by atoms with van der Waals surface area (Å²) < 4.78 is 5.81. The second kappa shape index (κ2) is 4.44. The zero-order valence-corrected chi connectivity index (χ0v) is 9.98. The predicted molar refractivity (Wildman–Crippen MR) is 61.1 cm³/mol. The Balaban J connectivity index is 2.17. The molecule has 0 saturated carbocycles. The van der Waals surface area contributed by atoms with Crippen LogP contribution >= 0.6 is 15.9 Å². The Morgan fingerprint density at radius 2 is 2.31 bits per heavy atom. The molecule has 1 N–H and O–H groups in total. The van der Waals surface area contributed by atoms with Crippen molar-refractivity contribution in [3.63, 3.8) is 0 Å². The number of aryl methyl sites for hydroxylation is 1. The molecule has 0 radical (unpaired) electrons. The molecule has 2 heterocycles. The molecular formula is C10H8BrN3O2. The molecule has 0 aliphatic carbocycles. The van der Waals surface area contributed by atoms with Gasteiger partial charge in [-0.15, -0.1) is 0 Å². The first-order valence-corrected chi connectivity index (χ1v) is 5.29. The minimum absolute atomic E-state index is 0.196. The number of oxazole rings is 1. The van der Waals surface area contributed by atoms with E-state index in [-0.39, 0.29) is 11.7 Å². The maximum absolute atomic E-state index is 11.7. The second-order valence-corrected chi connectivity index (χ2v) is 4.00. The van der Waals surface area contributed by atoms with Crippen LogP contribution in [0, 0.1) is 6.92 Å². The van der Waals surface area contributed by atoms with E-state index >= 15 is 0 Å². The van der Waals surface area contributed by atoms with Crippen LogP contribution < -0.4 is 5.32 Å². The second-order valence-electron chi connectivity index (χ2n) is 3.08. The number of pyridine rings is 1. The number of carbonyl (C=O) groups excluding carboxylic acids is 1. The Hall–Kier alpha value is -1.69. The molecule has 2 aromatic rings. The van der Waals surface area contributed by atoms with Crippen molar-refractivity contribution >= 4 is 27.7 Å². The van der Waals surface area contributed by atoms with Gasteiger partial charge in [-0.2, -0.15) is 0 Å². The third-order valence-corrected chi connectivity index (χ3v) is 2.41. The van der Waals surface area contributed by atoms with Crippen LogP contribution in [-0.2, 0) is 0 Å². The highest BCUT2D eigenvalue weighted by atomic mass is 79.9. The number of anilines is 1. The molecule has 6 heteroatoms. The van der Waals surface area contributed by atoms with E-state index in [0.29, 0.717) is 11.5 Å². The summed E-state index contributed by atoms with van der Waals surface area (Å²) in [5.74, 6) is 0.289. The molecule has 0 aromatic carbocycles. The fraction of sp³-hybridized carbons (Fsp3) is 0.100. The molecular weight excluding hydrogens is 274 g/mol.